The number of nitrogens with zero attached hydrogens (tertiary/aromatic N) is 1. The number of aliphatic hydroxyl groups is 1. The maximum absolute atomic E-state index is 12.6. The molecule has 1 saturated heterocycles. The number of hydrogen-bond donors (Lipinski definition) is 3. The van der Waals surface area contributed by atoms with Gasteiger partial charge in [-0.15, -0.1) is 0 Å². The van der Waals surface area contributed by atoms with Crippen molar-refractivity contribution in [2.75, 3.05) is 11.9 Å². The van der Waals surface area contributed by atoms with Crippen LogP contribution in [-0.2, 0) is 20.0 Å². The minimum Gasteiger partial charge on any atom is -0.481 e. The number of carboxylic acids is 1. The van der Waals surface area contributed by atoms with E-state index in [-0.39, 0.29) is 17.3 Å². The van der Waals surface area contributed by atoms with Crippen molar-refractivity contribution in [3.8, 4) is 0 Å². The number of amides is 2. The summed E-state index contributed by atoms with van der Waals surface area (Å²) in [4.78, 5) is 36.9. The Morgan fingerprint density at radius 2 is 2.17 bits per heavy atom. The van der Waals surface area contributed by atoms with Gasteiger partial charge in [-0.3, -0.25) is 19.3 Å². The minimum absolute atomic E-state index is 0.0899. The number of carbonyl (C=O) groups is 3. The summed E-state index contributed by atoms with van der Waals surface area (Å²) >= 11 is 8.08. The average molecular weight is 478 g/mol. The van der Waals surface area contributed by atoms with Crippen molar-refractivity contribution in [2.24, 2.45) is 0 Å². The van der Waals surface area contributed by atoms with E-state index in [1.54, 1.807) is 18.2 Å². The number of aliphatic carboxylic acids is 1. The molecule has 0 radical (unpaired) electrons. The molecule has 1 aromatic rings. The van der Waals surface area contributed by atoms with Gasteiger partial charge in [0.05, 0.1) is 6.42 Å². The average Bonchev–Trinajstić information content (AvgIpc) is 2.93. The quantitative estimate of drug-likeness (QED) is 0.440. The summed E-state index contributed by atoms with van der Waals surface area (Å²) in [5, 5.41) is 21.3. The largest absolute Gasteiger partial charge is 0.481 e. The van der Waals surface area contributed by atoms with Gasteiger partial charge in [-0.1, -0.05) is 24.0 Å². The van der Waals surface area contributed by atoms with Gasteiger partial charge in [0.2, 0.25) is 5.91 Å². The van der Waals surface area contributed by atoms with Crippen molar-refractivity contribution in [1.29, 1.82) is 0 Å². The maximum atomic E-state index is 12.6. The first-order valence-electron chi connectivity index (χ1n) is 6.82. The lowest BCUT2D eigenvalue weighted by Gasteiger charge is -2.25. The summed E-state index contributed by atoms with van der Waals surface area (Å²) in [7, 11) is 0. The second-order valence-corrected chi connectivity index (χ2v) is 8.29. The molecule has 2 aliphatic heterocycles. The van der Waals surface area contributed by atoms with Crippen LogP contribution in [0.1, 0.15) is 12.0 Å². The monoisotopic (exact) mass is 478 g/mol. The zero-order valence-corrected chi connectivity index (χ0v) is 15.8. The number of halogens is 1. The number of carbonyl (C=O) groups excluding carboxylic acids is 2. The van der Waals surface area contributed by atoms with Crippen molar-refractivity contribution < 1.29 is 24.6 Å². The van der Waals surface area contributed by atoms with Crippen LogP contribution in [-0.4, -0.2) is 49.0 Å². The van der Waals surface area contributed by atoms with Crippen molar-refractivity contribution in [1.82, 2.24) is 4.90 Å². The molecule has 2 amide bonds. The molecule has 2 heterocycles. The SMILES string of the molecule is O=C(O)CCN1C(=O)C(C2(O)C(=O)Nc3ccc(I)cc32)SC1=S. The predicted molar refractivity (Wildman–Crippen MR) is 99.6 cm³/mol. The van der Waals surface area contributed by atoms with E-state index in [9.17, 15) is 19.5 Å². The van der Waals surface area contributed by atoms with E-state index >= 15 is 0 Å². The molecule has 0 saturated carbocycles. The molecule has 2 atom stereocenters. The zero-order chi connectivity index (χ0) is 17.6. The lowest BCUT2D eigenvalue weighted by Crippen LogP contribution is -2.48. The summed E-state index contributed by atoms with van der Waals surface area (Å²) in [5.74, 6) is -2.31. The fourth-order valence-corrected chi connectivity index (χ4v) is 4.76. The Balaban J connectivity index is 1.96. The highest BCUT2D eigenvalue weighted by Crippen LogP contribution is 2.46. The molecule has 126 valence electrons. The molecular formula is C14H11IN2O5S2. The third kappa shape index (κ3) is 2.70. The Morgan fingerprint density at radius 3 is 2.83 bits per heavy atom. The van der Waals surface area contributed by atoms with Crippen LogP contribution in [0.15, 0.2) is 18.2 Å². The first kappa shape index (κ1) is 17.6. The molecule has 0 aliphatic carbocycles. The maximum Gasteiger partial charge on any atom is 0.305 e. The number of anilines is 1. The van der Waals surface area contributed by atoms with Gasteiger partial charge in [-0.05, 0) is 40.8 Å². The van der Waals surface area contributed by atoms with Crippen molar-refractivity contribution in [3.05, 3.63) is 27.3 Å². The number of fused-ring (bicyclic) bond motifs is 1. The summed E-state index contributed by atoms with van der Waals surface area (Å²) in [6.07, 6.45) is -0.266. The lowest BCUT2D eigenvalue weighted by molar-refractivity contribution is -0.142. The van der Waals surface area contributed by atoms with E-state index in [1.165, 1.54) is 0 Å². The smallest absolute Gasteiger partial charge is 0.305 e. The molecule has 0 spiro atoms. The molecule has 1 fully saturated rings. The van der Waals surface area contributed by atoms with E-state index in [1.807, 2.05) is 0 Å². The second kappa shape index (κ2) is 6.24. The summed E-state index contributed by atoms with van der Waals surface area (Å²) in [5.41, 5.74) is -1.26. The Kier molecular flexibility index (Phi) is 4.57. The third-order valence-corrected chi connectivity index (χ3v) is 6.23. The van der Waals surface area contributed by atoms with E-state index in [2.05, 4.69) is 27.9 Å². The molecule has 2 unspecified atom stereocenters. The number of benzene rings is 1. The number of thioether (sulfide) groups is 1. The third-order valence-electron chi connectivity index (χ3n) is 3.84. The molecule has 2 aliphatic rings. The van der Waals surface area contributed by atoms with Crippen LogP contribution in [0.25, 0.3) is 0 Å². The van der Waals surface area contributed by atoms with Gasteiger partial charge >= 0.3 is 5.97 Å². The number of rotatable bonds is 4. The molecule has 10 heteroatoms. The molecule has 0 aromatic heterocycles. The topological polar surface area (TPSA) is 107 Å². The standard InChI is InChI=1S/C14H11IN2O5S2/c15-6-1-2-8-7(5-6)14(22,12(21)16-8)10-11(20)17(13(23)24-10)4-3-9(18)19/h1-2,5,10,22H,3-4H2,(H,16,21)(H,18,19). The molecule has 7 nitrogen and oxygen atoms in total. The second-order valence-electron chi connectivity index (χ2n) is 5.31. The van der Waals surface area contributed by atoms with Crippen LogP contribution in [0.3, 0.4) is 0 Å². The van der Waals surface area contributed by atoms with Gasteiger partial charge in [0.1, 0.15) is 9.57 Å². The van der Waals surface area contributed by atoms with Crippen LogP contribution in [0, 0.1) is 3.57 Å². The normalized spacial score (nSPS) is 25.8. The Labute approximate surface area is 159 Å². The Morgan fingerprint density at radius 1 is 1.46 bits per heavy atom. The van der Waals surface area contributed by atoms with Crippen molar-refractivity contribution in [3.63, 3.8) is 0 Å². The minimum atomic E-state index is -2.04. The van der Waals surface area contributed by atoms with E-state index in [0.717, 1.165) is 20.2 Å². The van der Waals surface area contributed by atoms with Crippen LogP contribution >= 0.6 is 46.6 Å². The van der Waals surface area contributed by atoms with E-state index in [0.29, 0.717) is 11.3 Å². The van der Waals surface area contributed by atoms with Gasteiger partial charge in [0.25, 0.3) is 5.91 Å². The van der Waals surface area contributed by atoms with Crippen molar-refractivity contribution in [2.45, 2.75) is 17.3 Å². The van der Waals surface area contributed by atoms with Crippen LogP contribution < -0.4 is 5.32 Å². The lowest BCUT2D eigenvalue weighted by atomic mass is 9.90. The Bertz CT molecular complexity index is 786. The molecule has 3 rings (SSSR count). The van der Waals surface area contributed by atoms with E-state index in [4.69, 9.17) is 17.3 Å². The summed E-state index contributed by atoms with van der Waals surface area (Å²) in [6.45, 7) is -0.0899. The number of carboxylic acid groups (broad SMARTS) is 1. The highest BCUT2D eigenvalue weighted by Gasteiger charge is 2.58. The van der Waals surface area contributed by atoms with Crippen LogP contribution in [0.5, 0.6) is 0 Å². The molecule has 24 heavy (non-hydrogen) atoms. The van der Waals surface area contributed by atoms with Gasteiger partial charge in [-0.2, -0.15) is 0 Å². The molecule has 0 bridgehead atoms. The van der Waals surface area contributed by atoms with Gasteiger partial charge in [0, 0.05) is 21.4 Å². The van der Waals surface area contributed by atoms with Crippen LogP contribution in [0.2, 0.25) is 0 Å². The molecule has 1 aromatic carbocycles. The first-order valence-corrected chi connectivity index (χ1v) is 9.19. The zero-order valence-electron chi connectivity index (χ0n) is 12.0. The summed E-state index contributed by atoms with van der Waals surface area (Å²) in [6, 6.07) is 5.08. The number of thiocarbonyl (C=S) groups is 1. The number of hydrogen-bond acceptors (Lipinski definition) is 6. The fraction of sp³-hybridized carbons (Fsp3) is 0.286. The van der Waals surface area contributed by atoms with E-state index < -0.39 is 28.6 Å². The Hall–Kier alpha value is -1.24. The number of nitrogens with one attached hydrogen (secondary N) is 1. The predicted octanol–water partition coefficient (Wildman–Crippen LogP) is 1.13. The molecular weight excluding hydrogens is 467 g/mol. The van der Waals surface area contributed by atoms with Gasteiger partial charge in [0.15, 0.2) is 5.60 Å². The summed E-state index contributed by atoms with van der Waals surface area (Å²) < 4.78 is 0.966. The van der Waals surface area contributed by atoms with Gasteiger partial charge in [-0.25, -0.2) is 0 Å². The first-order chi connectivity index (χ1) is 11.2. The highest BCUT2D eigenvalue weighted by atomic mass is 127. The van der Waals surface area contributed by atoms with Gasteiger partial charge < -0.3 is 15.5 Å². The van der Waals surface area contributed by atoms with Crippen molar-refractivity contribution >= 4 is 74.4 Å². The highest BCUT2D eigenvalue weighted by molar-refractivity contribution is 14.1. The molecule has 3 N–H and O–H groups in total. The van der Waals surface area contributed by atoms with Crippen LogP contribution in [0.4, 0.5) is 5.69 Å². The fourth-order valence-electron chi connectivity index (χ4n) is 2.66.